The van der Waals surface area contributed by atoms with Crippen LogP contribution in [-0.2, 0) is 20.1 Å². The topological polar surface area (TPSA) is 50.0 Å². The van der Waals surface area contributed by atoms with Gasteiger partial charge in [0.15, 0.2) is 0 Å². The maximum Gasteiger partial charge on any atom is 0.512 e. The molecule has 36 heavy (non-hydrogen) atoms. The van der Waals surface area contributed by atoms with Crippen LogP contribution in [0.15, 0.2) is 36.4 Å². The molecule has 0 saturated carbocycles. The van der Waals surface area contributed by atoms with E-state index in [4.69, 9.17) is 9.31 Å². The first-order valence-corrected chi connectivity index (χ1v) is 13.9. The number of benzene rings is 2. The van der Waals surface area contributed by atoms with E-state index in [1.165, 1.54) is 36.5 Å². The van der Waals surface area contributed by atoms with E-state index in [2.05, 4.69) is 138 Å². The molecule has 6 heteroatoms. The standard InChI is InChI=1S/C30H38BIN2O2/c1-27(2,3)19-12-18-14-24(31-35-29(7,8)30(9,10)36-31)34-25(18)21(15-19)23-13-17-11-20(28(4,5)6)16-22(32)26(17)33-23/h11-16,33-34H,1-10H3. The van der Waals surface area contributed by atoms with Crippen LogP contribution in [0.1, 0.15) is 80.4 Å². The number of rotatable bonds is 2. The maximum atomic E-state index is 6.37. The fourth-order valence-electron chi connectivity index (χ4n) is 4.79. The zero-order chi connectivity index (χ0) is 26.4. The van der Waals surface area contributed by atoms with Crippen LogP contribution in [0, 0.1) is 3.57 Å². The van der Waals surface area contributed by atoms with Gasteiger partial charge in [-0.05, 0) is 114 Å². The summed E-state index contributed by atoms with van der Waals surface area (Å²) in [5, 5.41) is 2.42. The molecule has 1 fully saturated rings. The number of nitrogens with one attached hydrogen (secondary N) is 2. The van der Waals surface area contributed by atoms with Gasteiger partial charge in [-0.1, -0.05) is 41.5 Å². The number of hydrogen-bond donors (Lipinski definition) is 2. The van der Waals surface area contributed by atoms with Gasteiger partial charge in [0.25, 0.3) is 0 Å². The third-order valence-corrected chi connectivity index (χ3v) is 8.81. The van der Waals surface area contributed by atoms with Gasteiger partial charge in [0.05, 0.1) is 22.2 Å². The first-order chi connectivity index (χ1) is 16.5. The Labute approximate surface area is 229 Å². The van der Waals surface area contributed by atoms with E-state index >= 15 is 0 Å². The van der Waals surface area contributed by atoms with E-state index in [1.54, 1.807) is 0 Å². The van der Waals surface area contributed by atoms with Crippen molar-refractivity contribution in [3.05, 3.63) is 51.1 Å². The highest BCUT2D eigenvalue weighted by Crippen LogP contribution is 2.39. The lowest BCUT2D eigenvalue weighted by Crippen LogP contribution is -2.41. The van der Waals surface area contributed by atoms with Crippen molar-refractivity contribution >= 4 is 57.1 Å². The number of aromatic amines is 2. The van der Waals surface area contributed by atoms with Crippen LogP contribution in [-0.4, -0.2) is 28.3 Å². The summed E-state index contributed by atoms with van der Waals surface area (Å²) in [6, 6.07) is 13.7. The molecule has 1 saturated heterocycles. The number of fused-ring (bicyclic) bond motifs is 2. The zero-order valence-corrected chi connectivity index (χ0v) is 25.4. The zero-order valence-electron chi connectivity index (χ0n) is 23.2. The molecule has 4 aromatic rings. The quantitative estimate of drug-likeness (QED) is 0.183. The largest absolute Gasteiger partial charge is 0.512 e. The summed E-state index contributed by atoms with van der Waals surface area (Å²) in [6.07, 6.45) is 0. The van der Waals surface area contributed by atoms with Crippen LogP contribution >= 0.6 is 22.6 Å². The molecule has 1 aliphatic rings. The van der Waals surface area contributed by atoms with Gasteiger partial charge in [0.1, 0.15) is 0 Å². The van der Waals surface area contributed by atoms with Crippen molar-refractivity contribution in [2.24, 2.45) is 0 Å². The summed E-state index contributed by atoms with van der Waals surface area (Å²) in [4.78, 5) is 7.43. The van der Waals surface area contributed by atoms with Crippen molar-refractivity contribution in [1.29, 1.82) is 0 Å². The van der Waals surface area contributed by atoms with Crippen molar-refractivity contribution in [3.8, 4) is 11.3 Å². The molecule has 2 aromatic heterocycles. The molecule has 0 unspecified atom stereocenters. The molecule has 4 nitrogen and oxygen atoms in total. The van der Waals surface area contributed by atoms with E-state index < -0.39 is 7.12 Å². The predicted octanol–water partition coefficient (Wildman–Crippen LogP) is 7.82. The van der Waals surface area contributed by atoms with Crippen molar-refractivity contribution in [3.63, 3.8) is 0 Å². The van der Waals surface area contributed by atoms with Gasteiger partial charge in [0, 0.05) is 25.8 Å². The highest BCUT2D eigenvalue weighted by molar-refractivity contribution is 14.1. The van der Waals surface area contributed by atoms with Crippen LogP contribution in [0.2, 0.25) is 0 Å². The minimum atomic E-state index is -0.425. The van der Waals surface area contributed by atoms with Gasteiger partial charge in [0.2, 0.25) is 0 Å². The molecule has 2 N–H and O–H groups in total. The summed E-state index contributed by atoms with van der Waals surface area (Å²) < 4.78 is 14.0. The Bertz CT molecular complexity index is 1460. The summed E-state index contributed by atoms with van der Waals surface area (Å²) in [5.74, 6) is 0. The highest BCUT2D eigenvalue weighted by Gasteiger charge is 2.52. The Morgan fingerprint density at radius 1 is 0.694 bits per heavy atom. The average Bonchev–Trinajstić information content (AvgIpc) is 3.40. The van der Waals surface area contributed by atoms with Crippen LogP contribution in [0.3, 0.4) is 0 Å². The fourth-order valence-corrected chi connectivity index (χ4v) is 5.57. The third-order valence-electron chi connectivity index (χ3n) is 7.96. The van der Waals surface area contributed by atoms with Crippen LogP contribution in [0.5, 0.6) is 0 Å². The Morgan fingerprint density at radius 3 is 1.78 bits per heavy atom. The second-order valence-corrected chi connectivity index (χ2v) is 14.6. The molecule has 5 rings (SSSR count). The minimum absolute atomic E-state index is 0.0184. The maximum absolute atomic E-state index is 6.37. The number of halogens is 1. The Hall–Kier alpha value is -1.77. The smallest absolute Gasteiger partial charge is 0.398 e. The molecule has 0 spiro atoms. The van der Waals surface area contributed by atoms with Crippen molar-refractivity contribution in [1.82, 2.24) is 9.97 Å². The minimum Gasteiger partial charge on any atom is -0.398 e. The monoisotopic (exact) mass is 596 g/mol. The lowest BCUT2D eigenvalue weighted by molar-refractivity contribution is 0.00578. The lowest BCUT2D eigenvalue weighted by Gasteiger charge is -2.32. The summed E-state index contributed by atoms with van der Waals surface area (Å²) in [6.45, 7) is 22.0. The number of hydrogen-bond acceptors (Lipinski definition) is 2. The highest BCUT2D eigenvalue weighted by atomic mass is 127. The summed E-state index contributed by atoms with van der Waals surface area (Å²) in [5.41, 5.74) is 7.53. The fraction of sp³-hybridized carbons (Fsp3) is 0.467. The molecule has 0 radical (unpaired) electrons. The van der Waals surface area contributed by atoms with E-state index in [0.717, 1.165) is 16.8 Å². The first-order valence-electron chi connectivity index (χ1n) is 12.8. The molecule has 190 valence electrons. The molecular formula is C30H38BIN2O2. The Kier molecular flexibility index (Phi) is 5.83. The normalized spacial score (nSPS) is 18.0. The number of H-pyrrole nitrogens is 2. The van der Waals surface area contributed by atoms with Gasteiger partial charge in [-0.2, -0.15) is 0 Å². The molecule has 0 atom stereocenters. The van der Waals surface area contributed by atoms with Crippen LogP contribution < -0.4 is 5.59 Å². The average molecular weight is 596 g/mol. The van der Waals surface area contributed by atoms with Gasteiger partial charge < -0.3 is 19.3 Å². The SMILES string of the molecule is CC(C)(C)c1cc(I)c2[nH]c(-c3cc(C(C)(C)C)cc4cc(B5OC(C)(C)C(C)(C)O5)[nH]c34)cc2c1. The van der Waals surface area contributed by atoms with Crippen molar-refractivity contribution < 1.29 is 9.31 Å². The van der Waals surface area contributed by atoms with Gasteiger partial charge >= 0.3 is 7.12 Å². The summed E-state index contributed by atoms with van der Waals surface area (Å²) in [7, 11) is -0.425. The van der Waals surface area contributed by atoms with E-state index in [0.29, 0.717) is 0 Å². The third kappa shape index (κ3) is 4.33. The van der Waals surface area contributed by atoms with Crippen LogP contribution in [0.25, 0.3) is 33.1 Å². The second-order valence-electron chi connectivity index (χ2n) is 13.4. The molecule has 0 aliphatic carbocycles. The molecule has 2 aromatic carbocycles. The predicted molar refractivity (Wildman–Crippen MR) is 161 cm³/mol. The Morgan fingerprint density at radius 2 is 1.22 bits per heavy atom. The van der Waals surface area contributed by atoms with Gasteiger partial charge in [-0.3, -0.25) is 0 Å². The second kappa shape index (κ2) is 8.11. The van der Waals surface area contributed by atoms with Crippen LogP contribution in [0.4, 0.5) is 0 Å². The lowest BCUT2D eigenvalue weighted by atomic mass is 9.83. The molecule has 0 bridgehead atoms. The molecule has 3 heterocycles. The molecule has 1 aliphatic heterocycles. The van der Waals surface area contributed by atoms with Gasteiger partial charge in [-0.25, -0.2) is 0 Å². The Balaban J connectivity index is 1.70. The number of aromatic nitrogens is 2. The van der Waals surface area contributed by atoms with E-state index in [9.17, 15) is 0 Å². The van der Waals surface area contributed by atoms with E-state index in [1.807, 2.05) is 0 Å². The first kappa shape index (κ1) is 25.9. The molecule has 0 amide bonds. The van der Waals surface area contributed by atoms with Gasteiger partial charge in [-0.15, -0.1) is 0 Å². The summed E-state index contributed by atoms with van der Waals surface area (Å²) >= 11 is 2.46. The van der Waals surface area contributed by atoms with E-state index in [-0.39, 0.29) is 22.0 Å². The van der Waals surface area contributed by atoms with Crippen molar-refractivity contribution in [2.75, 3.05) is 0 Å². The van der Waals surface area contributed by atoms with Crippen molar-refractivity contribution in [2.45, 2.75) is 91.3 Å². The molecular weight excluding hydrogens is 558 g/mol.